The fourth-order valence-corrected chi connectivity index (χ4v) is 2.35. The van der Waals surface area contributed by atoms with Gasteiger partial charge in [0.1, 0.15) is 0 Å². The van der Waals surface area contributed by atoms with Gasteiger partial charge in [0.2, 0.25) is 0 Å². The molecule has 2 aliphatic rings. The van der Waals surface area contributed by atoms with Crippen molar-refractivity contribution in [2.45, 2.75) is 12.8 Å². The summed E-state index contributed by atoms with van der Waals surface area (Å²) in [5.41, 5.74) is 4.31. The van der Waals surface area contributed by atoms with Crippen LogP contribution in [0.15, 0.2) is 41.8 Å². The second-order valence-corrected chi connectivity index (χ2v) is 4.42. The number of allylic oxidation sites excluding steroid dienone is 2. The van der Waals surface area contributed by atoms with Gasteiger partial charge in [0, 0.05) is 29.6 Å². The van der Waals surface area contributed by atoms with Crippen LogP contribution in [0.1, 0.15) is 23.2 Å². The molecule has 1 saturated carbocycles. The average molecular weight is 227 g/mol. The van der Waals surface area contributed by atoms with Crippen LogP contribution in [0.2, 0.25) is 0 Å². The van der Waals surface area contributed by atoms with Crippen molar-refractivity contribution in [2.75, 3.05) is 0 Å². The monoisotopic (exact) mass is 227 g/mol. The minimum absolute atomic E-state index is 0.172. The standard InChI is InChI=1S/C13H13N3O/c17-13(9-4-6-14-7-5-9)16-15-12-8-10-2-1-3-11(10)12/h1-2,4-7,10-11H,3,8H2,(H,16,17)/b15-12-/t10-,11+/m1/s1. The summed E-state index contributed by atoms with van der Waals surface area (Å²) in [6, 6.07) is 3.35. The molecular formula is C13H13N3O. The van der Waals surface area contributed by atoms with Gasteiger partial charge in [-0.3, -0.25) is 9.78 Å². The average Bonchev–Trinajstić information content (AvgIpc) is 2.72. The van der Waals surface area contributed by atoms with E-state index in [-0.39, 0.29) is 5.91 Å². The van der Waals surface area contributed by atoms with E-state index in [1.807, 2.05) is 0 Å². The maximum absolute atomic E-state index is 11.7. The lowest BCUT2D eigenvalue weighted by Crippen LogP contribution is -2.35. The first-order valence-electron chi connectivity index (χ1n) is 5.78. The Morgan fingerprint density at radius 2 is 2.24 bits per heavy atom. The molecule has 1 N–H and O–H groups in total. The summed E-state index contributed by atoms with van der Waals surface area (Å²) in [7, 11) is 0. The molecule has 2 aliphatic carbocycles. The van der Waals surface area contributed by atoms with E-state index in [1.54, 1.807) is 24.5 Å². The Balaban J connectivity index is 1.62. The maximum Gasteiger partial charge on any atom is 0.271 e. The first-order chi connectivity index (χ1) is 8.34. The number of pyridine rings is 1. The predicted octanol–water partition coefficient (Wildman–Crippen LogP) is 1.76. The highest BCUT2D eigenvalue weighted by Crippen LogP contribution is 2.39. The normalized spacial score (nSPS) is 27.6. The number of fused-ring (bicyclic) bond motifs is 1. The first kappa shape index (κ1) is 10.2. The summed E-state index contributed by atoms with van der Waals surface area (Å²) in [6.07, 6.45) is 9.69. The number of carbonyl (C=O) groups excluding carboxylic acids is 1. The van der Waals surface area contributed by atoms with Crippen LogP contribution in [0, 0.1) is 11.8 Å². The van der Waals surface area contributed by atoms with E-state index in [1.165, 1.54) is 0 Å². The largest absolute Gasteiger partial charge is 0.271 e. The molecule has 0 saturated heterocycles. The summed E-state index contributed by atoms with van der Waals surface area (Å²) in [4.78, 5) is 15.6. The Bertz CT molecular complexity index is 493. The highest BCUT2D eigenvalue weighted by Gasteiger charge is 2.37. The minimum Gasteiger partial charge on any atom is -0.267 e. The van der Waals surface area contributed by atoms with Crippen molar-refractivity contribution in [2.24, 2.45) is 16.9 Å². The Morgan fingerprint density at radius 3 is 3.00 bits per heavy atom. The van der Waals surface area contributed by atoms with Crippen LogP contribution in [0.3, 0.4) is 0 Å². The molecule has 1 fully saturated rings. The van der Waals surface area contributed by atoms with Gasteiger partial charge in [-0.15, -0.1) is 0 Å². The molecule has 1 aromatic heterocycles. The molecule has 2 atom stereocenters. The van der Waals surface area contributed by atoms with Crippen LogP contribution in [0.5, 0.6) is 0 Å². The summed E-state index contributed by atoms with van der Waals surface area (Å²) < 4.78 is 0. The van der Waals surface area contributed by atoms with E-state index in [0.29, 0.717) is 17.4 Å². The number of carbonyl (C=O) groups is 1. The SMILES string of the molecule is O=C(N/N=C1/C[C@H]2C=CC[C@H]12)c1ccncc1. The van der Waals surface area contributed by atoms with E-state index in [4.69, 9.17) is 0 Å². The molecule has 4 heteroatoms. The molecule has 4 nitrogen and oxygen atoms in total. The number of hydrazone groups is 1. The third-order valence-corrected chi connectivity index (χ3v) is 3.41. The van der Waals surface area contributed by atoms with E-state index in [9.17, 15) is 4.79 Å². The second kappa shape index (κ2) is 4.13. The van der Waals surface area contributed by atoms with Crippen LogP contribution in [-0.2, 0) is 0 Å². The van der Waals surface area contributed by atoms with Crippen molar-refractivity contribution in [1.82, 2.24) is 10.4 Å². The van der Waals surface area contributed by atoms with Gasteiger partial charge in [-0.2, -0.15) is 5.10 Å². The van der Waals surface area contributed by atoms with E-state index in [2.05, 4.69) is 27.7 Å². The predicted molar refractivity (Wildman–Crippen MR) is 64.5 cm³/mol. The molecular weight excluding hydrogens is 214 g/mol. The fourth-order valence-electron chi connectivity index (χ4n) is 2.35. The Kier molecular flexibility index (Phi) is 2.48. The molecule has 0 bridgehead atoms. The minimum atomic E-state index is -0.172. The molecule has 0 spiro atoms. The maximum atomic E-state index is 11.7. The number of hydrogen-bond acceptors (Lipinski definition) is 3. The Hall–Kier alpha value is -1.97. The van der Waals surface area contributed by atoms with Gasteiger partial charge < -0.3 is 0 Å². The highest BCUT2D eigenvalue weighted by atomic mass is 16.2. The quantitative estimate of drug-likeness (QED) is 0.618. The summed E-state index contributed by atoms with van der Waals surface area (Å²) in [6.45, 7) is 0. The molecule has 0 aromatic carbocycles. The summed E-state index contributed by atoms with van der Waals surface area (Å²) in [5, 5.41) is 4.21. The van der Waals surface area contributed by atoms with Crippen molar-refractivity contribution < 1.29 is 4.79 Å². The van der Waals surface area contributed by atoms with Gasteiger partial charge in [0.05, 0.1) is 0 Å². The second-order valence-electron chi connectivity index (χ2n) is 4.42. The molecule has 1 amide bonds. The lowest BCUT2D eigenvalue weighted by atomic mass is 9.74. The number of nitrogens with one attached hydrogen (secondary N) is 1. The molecule has 86 valence electrons. The van der Waals surface area contributed by atoms with E-state index >= 15 is 0 Å². The zero-order valence-electron chi connectivity index (χ0n) is 9.34. The van der Waals surface area contributed by atoms with Gasteiger partial charge in [-0.05, 0) is 30.9 Å². The molecule has 17 heavy (non-hydrogen) atoms. The van der Waals surface area contributed by atoms with Crippen LogP contribution in [0.4, 0.5) is 0 Å². The molecule has 0 unspecified atom stereocenters. The zero-order valence-corrected chi connectivity index (χ0v) is 9.34. The number of nitrogens with zero attached hydrogens (tertiary/aromatic N) is 2. The van der Waals surface area contributed by atoms with Crippen molar-refractivity contribution in [3.8, 4) is 0 Å². The molecule has 1 heterocycles. The zero-order chi connectivity index (χ0) is 11.7. The Labute approximate surface area is 99.4 Å². The fraction of sp³-hybridized carbons (Fsp3) is 0.308. The number of amides is 1. The lowest BCUT2D eigenvalue weighted by molar-refractivity contribution is 0.0954. The van der Waals surface area contributed by atoms with Gasteiger partial charge >= 0.3 is 0 Å². The third kappa shape index (κ3) is 1.86. The van der Waals surface area contributed by atoms with Crippen molar-refractivity contribution in [3.63, 3.8) is 0 Å². The topological polar surface area (TPSA) is 54.4 Å². The third-order valence-electron chi connectivity index (χ3n) is 3.41. The van der Waals surface area contributed by atoms with Gasteiger partial charge in [0.25, 0.3) is 5.91 Å². The first-order valence-corrected chi connectivity index (χ1v) is 5.78. The molecule has 1 aromatic rings. The molecule has 3 rings (SSSR count). The van der Waals surface area contributed by atoms with Crippen molar-refractivity contribution in [3.05, 3.63) is 42.2 Å². The van der Waals surface area contributed by atoms with E-state index in [0.717, 1.165) is 18.6 Å². The molecule has 0 aliphatic heterocycles. The van der Waals surface area contributed by atoms with Gasteiger partial charge in [-0.1, -0.05) is 12.2 Å². The number of rotatable bonds is 2. The van der Waals surface area contributed by atoms with Crippen LogP contribution in [-0.4, -0.2) is 16.6 Å². The molecule has 0 radical (unpaired) electrons. The van der Waals surface area contributed by atoms with Crippen molar-refractivity contribution >= 4 is 11.6 Å². The van der Waals surface area contributed by atoms with Crippen LogP contribution >= 0.6 is 0 Å². The van der Waals surface area contributed by atoms with Crippen molar-refractivity contribution in [1.29, 1.82) is 0 Å². The van der Waals surface area contributed by atoms with Crippen LogP contribution < -0.4 is 5.43 Å². The van der Waals surface area contributed by atoms with Gasteiger partial charge in [-0.25, -0.2) is 5.43 Å². The van der Waals surface area contributed by atoms with E-state index < -0.39 is 0 Å². The smallest absolute Gasteiger partial charge is 0.267 e. The number of aromatic nitrogens is 1. The number of hydrogen-bond donors (Lipinski definition) is 1. The summed E-state index contributed by atoms with van der Waals surface area (Å²) >= 11 is 0. The lowest BCUT2D eigenvalue weighted by Gasteiger charge is -2.31. The highest BCUT2D eigenvalue weighted by molar-refractivity contribution is 5.97. The summed E-state index contributed by atoms with van der Waals surface area (Å²) in [5.74, 6) is 1.02. The Morgan fingerprint density at radius 1 is 1.41 bits per heavy atom. The van der Waals surface area contributed by atoms with Crippen LogP contribution in [0.25, 0.3) is 0 Å². The van der Waals surface area contributed by atoms with Gasteiger partial charge in [0.15, 0.2) is 0 Å².